The highest BCUT2D eigenvalue weighted by Crippen LogP contribution is 2.18. The Hall–Kier alpha value is -0.920. The van der Waals surface area contributed by atoms with Crippen LogP contribution in [0.2, 0.25) is 0 Å². The van der Waals surface area contributed by atoms with Crippen LogP contribution in [0.4, 0.5) is 0 Å². The van der Waals surface area contributed by atoms with Crippen molar-refractivity contribution in [2.45, 2.75) is 245 Å². The molecule has 0 aromatic rings. The summed E-state index contributed by atoms with van der Waals surface area (Å²) in [5, 5.41) is 4.21. The van der Waals surface area contributed by atoms with Gasteiger partial charge in [-0.25, -0.2) is 0 Å². The Morgan fingerprint density at radius 3 is 1.35 bits per heavy atom. The third-order valence-electron chi connectivity index (χ3n) is 11.2. The second kappa shape index (κ2) is 44.2. The predicted octanol–water partition coefficient (Wildman–Crippen LogP) is 14.0. The molecular weight excluding hydrogens is 699 g/mol. The van der Waals surface area contributed by atoms with Gasteiger partial charge in [0.15, 0.2) is 5.11 Å². The molecule has 0 radical (unpaired) electrons. The molecule has 55 heavy (non-hydrogen) atoms. The number of nitrogens with one attached hydrogen (secondary N) is 1. The third-order valence-corrected chi connectivity index (χ3v) is 11.7. The van der Waals surface area contributed by atoms with Gasteiger partial charge in [-0.05, 0) is 96.1 Å². The summed E-state index contributed by atoms with van der Waals surface area (Å²) in [5.41, 5.74) is 0. The Balaban J connectivity index is 4.28. The molecule has 0 aromatic heterocycles. The summed E-state index contributed by atoms with van der Waals surface area (Å²) in [6.45, 7) is 13.1. The smallest absolute Gasteiger partial charge is 0.306 e. The van der Waals surface area contributed by atoms with E-state index in [1.54, 1.807) is 0 Å². The van der Waals surface area contributed by atoms with E-state index < -0.39 is 0 Å². The van der Waals surface area contributed by atoms with E-state index in [2.05, 4.69) is 31.0 Å². The molecule has 0 bridgehead atoms. The van der Waals surface area contributed by atoms with Crippen LogP contribution < -0.4 is 5.32 Å². The molecule has 0 saturated carbocycles. The SMILES string of the molecule is CCCCCCCCCCCOCCCCCCN(CCCCCCCC(=O)OC(CCCCCCCC)CCCCCCCC)CCCNC(=S)N(C)C. The number of hydrogen-bond donors (Lipinski definition) is 1. The first-order valence-electron chi connectivity index (χ1n) is 24.4. The third kappa shape index (κ3) is 41.1. The molecule has 0 rings (SSSR count). The molecule has 0 saturated heterocycles. The first-order valence-corrected chi connectivity index (χ1v) is 24.8. The maximum Gasteiger partial charge on any atom is 0.306 e. The van der Waals surface area contributed by atoms with Crippen LogP contribution in [-0.4, -0.2) is 80.5 Å². The molecule has 328 valence electrons. The van der Waals surface area contributed by atoms with E-state index in [0.717, 1.165) is 63.5 Å². The number of nitrogens with zero attached hydrogens (tertiary/aromatic N) is 2. The molecule has 6 nitrogen and oxygen atoms in total. The van der Waals surface area contributed by atoms with E-state index in [1.807, 2.05) is 19.0 Å². The van der Waals surface area contributed by atoms with Crippen molar-refractivity contribution >= 4 is 23.3 Å². The number of unbranched alkanes of at least 4 members (excludes halogenated alkanes) is 25. The first kappa shape index (κ1) is 54.1. The lowest BCUT2D eigenvalue weighted by Crippen LogP contribution is -2.36. The number of esters is 1. The molecule has 0 aliphatic rings. The van der Waals surface area contributed by atoms with E-state index in [1.165, 1.54) is 193 Å². The lowest BCUT2D eigenvalue weighted by Gasteiger charge is -2.23. The molecule has 0 unspecified atom stereocenters. The Labute approximate surface area is 350 Å². The average Bonchev–Trinajstić information content (AvgIpc) is 3.17. The number of carbonyl (C=O) groups excluding carboxylic acids is 1. The number of ether oxygens (including phenoxy) is 2. The molecule has 0 amide bonds. The fraction of sp³-hybridized carbons (Fsp3) is 0.958. The van der Waals surface area contributed by atoms with E-state index in [4.69, 9.17) is 21.7 Å². The van der Waals surface area contributed by atoms with Crippen molar-refractivity contribution in [3.05, 3.63) is 0 Å². The molecule has 1 N–H and O–H groups in total. The monoisotopic (exact) mass is 796 g/mol. The van der Waals surface area contributed by atoms with Gasteiger partial charge in [-0.1, -0.05) is 168 Å². The van der Waals surface area contributed by atoms with Gasteiger partial charge in [0.1, 0.15) is 6.10 Å². The van der Waals surface area contributed by atoms with E-state index in [0.29, 0.717) is 6.42 Å². The van der Waals surface area contributed by atoms with Crippen molar-refractivity contribution in [3.63, 3.8) is 0 Å². The van der Waals surface area contributed by atoms with Crippen LogP contribution in [-0.2, 0) is 14.3 Å². The highest BCUT2D eigenvalue weighted by molar-refractivity contribution is 7.80. The summed E-state index contributed by atoms with van der Waals surface area (Å²) >= 11 is 5.42. The van der Waals surface area contributed by atoms with Crippen LogP contribution in [0.3, 0.4) is 0 Å². The summed E-state index contributed by atoms with van der Waals surface area (Å²) < 4.78 is 12.0. The maximum absolute atomic E-state index is 12.8. The molecule has 0 heterocycles. The van der Waals surface area contributed by atoms with Crippen molar-refractivity contribution in [1.82, 2.24) is 15.1 Å². The number of hydrogen-bond acceptors (Lipinski definition) is 5. The van der Waals surface area contributed by atoms with Crippen molar-refractivity contribution in [2.24, 2.45) is 0 Å². The number of carbonyl (C=O) groups is 1. The minimum absolute atomic E-state index is 0.0425. The van der Waals surface area contributed by atoms with Crippen molar-refractivity contribution in [2.75, 3.05) is 53.5 Å². The van der Waals surface area contributed by atoms with E-state index >= 15 is 0 Å². The van der Waals surface area contributed by atoms with Gasteiger partial charge in [0.25, 0.3) is 0 Å². The summed E-state index contributed by atoms with van der Waals surface area (Å²) in [4.78, 5) is 17.5. The number of thiocarbonyl (C=S) groups is 1. The molecule has 0 aliphatic heterocycles. The molecule has 0 fully saturated rings. The Morgan fingerprint density at radius 2 is 0.891 bits per heavy atom. The fourth-order valence-corrected chi connectivity index (χ4v) is 7.55. The highest BCUT2D eigenvalue weighted by atomic mass is 32.1. The zero-order chi connectivity index (χ0) is 40.3. The van der Waals surface area contributed by atoms with Crippen LogP contribution in [0.15, 0.2) is 0 Å². The van der Waals surface area contributed by atoms with E-state index in [-0.39, 0.29) is 12.1 Å². The van der Waals surface area contributed by atoms with Crippen molar-refractivity contribution in [3.8, 4) is 0 Å². The molecule has 0 aromatic carbocycles. The molecular formula is C48H97N3O3S. The summed E-state index contributed by atoms with van der Waals surface area (Å²) in [5.74, 6) is 0.0425. The summed E-state index contributed by atoms with van der Waals surface area (Å²) in [7, 11) is 4.00. The van der Waals surface area contributed by atoms with Crippen molar-refractivity contribution in [1.29, 1.82) is 0 Å². The molecule has 7 heteroatoms. The highest BCUT2D eigenvalue weighted by Gasteiger charge is 2.14. The van der Waals surface area contributed by atoms with Gasteiger partial charge in [0, 0.05) is 40.3 Å². The Morgan fingerprint density at radius 1 is 0.509 bits per heavy atom. The topological polar surface area (TPSA) is 54.0 Å². The molecule has 0 spiro atoms. The molecule has 0 atom stereocenters. The average molecular weight is 796 g/mol. The van der Waals surface area contributed by atoms with Crippen LogP contribution in [0.1, 0.15) is 239 Å². The summed E-state index contributed by atoms with van der Waals surface area (Å²) in [6.07, 6.45) is 42.6. The minimum Gasteiger partial charge on any atom is -0.462 e. The molecule has 0 aliphatic carbocycles. The fourth-order valence-electron chi connectivity index (χ4n) is 7.45. The second-order valence-corrected chi connectivity index (χ2v) is 17.3. The summed E-state index contributed by atoms with van der Waals surface area (Å²) in [6, 6.07) is 0. The van der Waals surface area contributed by atoms with Gasteiger partial charge in [-0.3, -0.25) is 4.79 Å². The lowest BCUT2D eigenvalue weighted by molar-refractivity contribution is -0.150. The number of rotatable bonds is 44. The minimum atomic E-state index is 0.0425. The van der Waals surface area contributed by atoms with Gasteiger partial charge >= 0.3 is 5.97 Å². The normalized spacial score (nSPS) is 11.5. The van der Waals surface area contributed by atoms with Gasteiger partial charge in [0.05, 0.1) is 0 Å². The lowest BCUT2D eigenvalue weighted by atomic mass is 10.0. The van der Waals surface area contributed by atoms with Crippen LogP contribution in [0, 0.1) is 0 Å². The predicted molar refractivity (Wildman–Crippen MR) is 245 cm³/mol. The van der Waals surface area contributed by atoms with Gasteiger partial charge in [0.2, 0.25) is 0 Å². The Bertz CT molecular complexity index is 782. The largest absolute Gasteiger partial charge is 0.462 e. The van der Waals surface area contributed by atoms with Crippen LogP contribution >= 0.6 is 12.2 Å². The van der Waals surface area contributed by atoms with Crippen LogP contribution in [0.5, 0.6) is 0 Å². The van der Waals surface area contributed by atoms with Crippen LogP contribution in [0.25, 0.3) is 0 Å². The standard InChI is InChI=1S/C48H97N3O3S/c1-6-9-12-15-18-19-20-27-34-44-53-45-35-28-26-33-42-51(43-36-40-49-48(55)50(4)5)41-32-25-21-24-31-39-47(52)54-46(37-29-22-16-13-10-7-2)38-30-23-17-14-11-8-3/h46H,6-45H2,1-5H3,(H,49,55). The second-order valence-electron chi connectivity index (χ2n) is 16.9. The quantitative estimate of drug-likeness (QED) is 0.0374. The van der Waals surface area contributed by atoms with Crippen molar-refractivity contribution < 1.29 is 14.3 Å². The first-order chi connectivity index (χ1) is 26.9. The maximum atomic E-state index is 12.8. The Kier molecular flexibility index (Phi) is 43.4. The van der Waals surface area contributed by atoms with Gasteiger partial charge < -0.3 is 24.6 Å². The zero-order valence-corrected chi connectivity index (χ0v) is 38.7. The van der Waals surface area contributed by atoms with E-state index in [9.17, 15) is 4.79 Å². The van der Waals surface area contributed by atoms with Gasteiger partial charge in [-0.15, -0.1) is 0 Å². The van der Waals surface area contributed by atoms with Gasteiger partial charge in [-0.2, -0.15) is 0 Å². The zero-order valence-electron chi connectivity index (χ0n) is 37.9.